The zero-order chi connectivity index (χ0) is 12.3. The first kappa shape index (κ1) is 13.7. The molecular weight excluding hydrogens is 224 g/mol. The Bertz CT molecular complexity index is 208. The highest BCUT2D eigenvalue weighted by atomic mass is 16.7. The molecule has 0 amide bonds. The van der Waals surface area contributed by atoms with Gasteiger partial charge in [-0.25, -0.2) is 0 Å². The first-order chi connectivity index (χ1) is 7.47. The third-order valence-electron chi connectivity index (χ3n) is 2.26. The maximum absolute atomic E-state index is 9.43. The molecule has 0 saturated carbocycles. The van der Waals surface area contributed by atoms with E-state index >= 15 is 0 Å². The van der Waals surface area contributed by atoms with E-state index in [0.29, 0.717) is 0 Å². The highest BCUT2D eigenvalue weighted by Crippen LogP contribution is 2.21. The van der Waals surface area contributed by atoms with Crippen molar-refractivity contribution in [3.8, 4) is 0 Å². The molecule has 0 spiro atoms. The van der Waals surface area contributed by atoms with E-state index in [4.69, 9.17) is 24.8 Å². The van der Waals surface area contributed by atoms with Crippen LogP contribution < -0.4 is 0 Å². The van der Waals surface area contributed by atoms with Crippen molar-refractivity contribution in [3.63, 3.8) is 0 Å². The number of aliphatic hydroxyl groups is 6. The highest BCUT2D eigenvalue weighted by molar-refractivity contribution is 4.88. The van der Waals surface area contributed by atoms with Crippen LogP contribution in [0.2, 0.25) is 0 Å². The largest absolute Gasteiger partial charge is 0.394 e. The van der Waals surface area contributed by atoms with Crippen molar-refractivity contribution in [1.29, 1.82) is 0 Å². The monoisotopic (exact) mass is 240 g/mol. The molecule has 0 unspecified atom stereocenters. The molecule has 0 bridgehead atoms. The van der Waals surface area contributed by atoms with Gasteiger partial charge in [0.25, 0.3) is 0 Å². The van der Waals surface area contributed by atoms with E-state index in [0.717, 1.165) is 0 Å². The van der Waals surface area contributed by atoms with Crippen molar-refractivity contribution < 1.29 is 40.1 Å². The molecule has 1 rings (SSSR count). The molecule has 5 atom stereocenters. The van der Waals surface area contributed by atoms with Crippen LogP contribution >= 0.6 is 0 Å². The summed E-state index contributed by atoms with van der Waals surface area (Å²) in [5, 5.41) is 54.1. The Hall–Kier alpha value is -0.320. The molecule has 1 aliphatic rings. The van der Waals surface area contributed by atoms with Gasteiger partial charge >= 0.3 is 0 Å². The van der Waals surface area contributed by atoms with Crippen LogP contribution in [0.15, 0.2) is 0 Å². The second-order valence-electron chi connectivity index (χ2n) is 3.51. The average Bonchev–Trinajstić information content (AvgIpc) is 2.25. The first-order valence-corrected chi connectivity index (χ1v) is 4.75. The van der Waals surface area contributed by atoms with Crippen LogP contribution in [-0.2, 0) is 9.47 Å². The summed E-state index contributed by atoms with van der Waals surface area (Å²) >= 11 is 0. The molecule has 1 heterocycles. The number of aliphatic hydroxyl groups excluding tert-OH is 5. The van der Waals surface area contributed by atoms with Gasteiger partial charge in [-0.05, 0) is 0 Å². The standard InChI is InChI=1S/C8H16O8/c9-1-3-5(12)6(13)7(14)8(16-3)15-2-4(10)11/h3-14H,1-2H2/t3-,5-,6+,7+,8+/m1/s1. The van der Waals surface area contributed by atoms with Gasteiger partial charge in [-0.2, -0.15) is 0 Å². The number of hydrogen-bond acceptors (Lipinski definition) is 8. The summed E-state index contributed by atoms with van der Waals surface area (Å²) < 4.78 is 9.68. The summed E-state index contributed by atoms with van der Waals surface area (Å²) in [5.41, 5.74) is 0. The van der Waals surface area contributed by atoms with Gasteiger partial charge in [0, 0.05) is 0 Å². The van der Waals surface area contributed by atoms with E-state index < -0.39 is 50.2 Å². The number of ether oxygens (including phenoxy) is 2. The lowest BCUT2D eigenvalue weighted by molar-refractivity contribution is -0.310. The second kappa shape index (κ2) is 5.84. The topological polar surface area (TPSA) is 140 Å². The molecule has 1 saturated heterocycles. The molecule has 8 heteroatoms. The third-order valence-corrected chi connectivity index (χ3v) is 2.26. The van der Waals surface area contributed by atoms with Crippen LogP contribution in [-0.4, -0.2) is 80.8 Å². The SMILES string of the molecule is OC[C@H]1O[C@H](OCC(O)O)[C@@H](O)[C@@H](O)[C@@H]1O. The zero-order valence-electron chi connectivity index (χ0n) is 8.38. The van der Waals surface area contributed by atoms with E-state index in [1.165, 1.54) is 0 Å². The minimum absolute atomic E-state index is 0.525. The Balaban J connectivity index is 2.56. The lowest BCUT2D eigenvalue weighted by Crippen LogP contribution is -2.59. The summed E-state index contributed by atoms with van der Waals surface area (Å²) in [6, 6.07) is 0. The highest BCUT2D eigenvalue weighted by Gasteiger charge is 2.44. The normalized spacial score (nSPS) is 40.3. The van der Waals surface area contributed by atoms with Crippen molar-refractivity contribution in [2.24, 2.45) is 0 Å². The van der Waals surface area contributed by atoms with Crippen molar-refractivity contribution in [2.45, 2.75) is 37.0 Å². The fourth-order valence-electron chi connectivity index (χ4n) is 1.39. The van der Waals surface area contributed by atoms with Crippen LogP contribution in [0.25, 0.3) is 0 Å². The molecule has 16 heavy (non-hydrogen) atoms. The Kier molecular flexibility index (Phi) is 5.02. The van der Waals surface area contributed by atoms with Crippen molar-refractivity contribution >= 4 is 0 Å². The molecule has 0 aromatic rings. The maximum atomic E-state index is 9.43. The van der Waals surface area contributed by atoms with Gasteiger partial charge in [0.2, 0.25) is 0 Å². The second-order valence-corrected chi connectivity index (χ2v) is 3.51. The van der Waals surface area contributed by atoms with Gasteiger partial charge in [-0.15, -0.1) is 0 Å². The Labute approximate surface area is 91.3 Å². The summed E-state index contributed by atoms with van der Waals surface area (Å²) in [6.07, 6.45) is -8.67. The van der Waals surface area contributed by atoms with Crippen LogP contribution in [0.1, 0.15) is 0 Å². The summed E-state index contributed by atoms with van der Waals surface area (Å²) in [4.78, 5) is 0. The Morgan fingerprint density at radius 3 is 2.19 bits per heavy atom. The van der Waals surface area contributed by atoms with Gasteiger partial charge in [0.05, 0.1) is 6.61 Å². The number of rotatable bonds is 4. The van der Waals surface area contributed by atoms with Crippen molar-refractivity contribution in [1.82, 2.24) is 0 Å². The van der Waals surface area contributed by atoms with Crippen molar-refractivity contribution in [3.05, 3.63) is 0 Å². The average molecular weight is 240 g/mol. The van der Waals surface area contributed by atoms with Gasteiger partial charge in [0.15, 0.2) is 12.6 Å². The summed E-state index contributed by atoms with van der Waals surface area (Å²) in [6.45, 7) is -1.09. The summed E-state index contributed by atoms with van der Waals surface area (Å²) in [7, 11) is 0. The Morgan fingerprint density at radius 2 is 1.69 bits per heavy atom. The molecule has 0 aliphatic carbocycles. The van der Waals surface area contributed by atoms with E-state index in [1.54, 1.807) is 0 Å². The molecule has 8 nitrogen and oxygen atoms in total. The lowest BCUT2D eigenvalue weighted by Gasteiger charge is -2.39. The quantitative estimate of drug-likeness (QED) is 0.274. The van der Waals surface area contributed by atoms with Crippen LogP contribution in [0.5, 0.6) is 0 Å². The van der Waals surface area contributed by atoms with E-state index in [9.17, 15) is 15.3 Å². The molecule has 1 fully saturated rings. The number of hydrogen-bond donors (Lipinski definition) is 6. The molecule has 0 aromatic carbocycles. The molecule has 0 radical (unpaired) electrons. The molecule has 96 valence electrons. The predicted molar refractivity (Wildman–Crippen MR) is 47.9 cm³/mol. The molecular formula is C8H16O8. The fourth-order valence-corrected chi connectivity index (χ4v) is 1.39. The van der Waals surface area contributed by atoms with Gasteiger partial charge < -0.3 is 40.1 Å². The first-order valence-electron chi connectivity index (χ1n) is 4.75. The predicted octanol–water partition coefficient (Wildman–Crippen LogP) is -3.89. The molecule has 6 N–H and O–H groups in total. The van der Waals surface area contributed by atoms with E-state index in [-0.39, 0.29) is 0 Å². The van der Waals surface area contributed by atoms with Gasteiger partial charge in [-0.1, -0.05) is 0 Å². The van der Waals surface area contributed by atoms with Gasteiger partial charge in [-0.3, -0.25) is 0 Å². The smallest absolute Gasteiger partial charge is 0.186 e. The minimum Gasteiger partial charge on any atom is -0.394 e. The van der Waals surface area contributed by atoms with E-state index in [2.05, 4.69) is 0 Å². The molecule has 0 aromatic heterocycles. The third kappa shape index (κ3) is 3.09. The van der Waals surface area contributed by atoms with Crippen molar-refractivity contribution in [2.75, 3.05) is 13.2 Å². The summed E-state index contributed by atoms with van der Waals surface area (Å²) in [5.74, 6) is 0. The van der Waals surface area contributed by atoms with Crippen LogP contribution in [0.4, 0.5) is 0 Å². The lowest BCUT2D eigenvalue weighted by atomic mass is 9.99. The van der Waals surface area contributed by atoms with Crippen LogP contribution in [0, 0.1) is 0 Å². The molecule has 1 aliphatic heterocycles. The van der Waals surface area contributed by atoms with E-state index in [1.807, 2.05) is 0 Å². The van der Waals surface area contributed by atoms with Gasteiger partial charge in [0.1, 0.15) is 31.0 Å². The Morgan fingerprint density at radius 1 is 1.06 bits per heavy atom. The zero-order valence-corrected chi connectivity index (χ0v) is 8.38. The maximum Gasteiger partial charge on any atom is 0.186 e. The minimum atomic E-state index is -1.74. The fraction of sp³-hybridized carbons (Fsp3) is 1.00. The van der Waals surface area contributed by atoms with Crippen LogP contribution in [0.3, 0.4) is 0 Å².